The molecule has 1 aliphatic rings. The number of piperidine rings is 1. The molecule has 0 atom stereocenters. The standard InChI is InChI=1S/C21H28N4O4/c1-20(2,3)29-18(27)13-21(28)8-10-25(11-9-21)16-12-15(23-24-19(16)22)14-6-4-5-7-17(14)26/h4-7,12,26,28H,8-11,13H2,1-3H3,(H2,22,24). The quantitative estimate of drug-likeness (QED) is 0.669. The molecule has 0 aliphatic carbocycles. The highest BCUT2D eigenvalue weighted by atomic mass is 16.6. The zero-order valence-corrected chi connectivity index (χ0v) is 17.1. The van der Waals surface area contributed by atoms with Crippen molar-refractivity contribution in [1.82, 2.24) is 10.2 Å². The molecule has 0 saturated carbocycles. The largest absolute Gasteiger partial charge is 0.507 e. The molecule has 0 spiro atoms. The van der Waals surface area contributed by atoms with Crippen LogP contribution in [0.25, 0.3) is 11.3 Å². The van der Waals surface area contributed by atoms with Crippen molar-refractivity contribution in [3.8, 4) is 17.0 Å². The number of nitrogen functional groups attached to an aromatic ring is 1. The summed E-state index contributed by atoms with van der Waals surface area (Å²) in [5.74, 6) is -0.00923. The zero-order chi connectivity index (χ0) is 21.2. The molecular weight excluding hydrogens is 372 g/mol. The lowest BCUT2D eigenvalue weighted by atomic mass is 9.88. The Bertz CT molecular complexity index is 886. The summed E-state index contributed by atoms with van der Waals surface area (Å²) < 4.78 is 5.34. The summed E-state index contributed by atoms with van der Waals surface area (Å²) in [4.78, 5) is 14.1. The Morgan fingerprint density at radius 1 is 1.24 bits per heavy atom. The molecule has 2 heterocycles. The number of phenols is 1. The number of carbonyl (C=O) groups excluding carboxylic acids is 1. The number of anilines is 2. The third-order valence-electron chi connectivity index (χ3n) is 4.91. The van der Waals surface area contributed by atoms with Crippen LogP contribution in [0.3, 0.4) is 0 Å². The van der Waals surface area contributed by atoms with Crippen molar-refractivity contribution in [2.45, 2.75) is 51.2 Å². The van der Waals surface area contributed by atoms with Crippen molar-refractivity contribution in [3.63, 3.8) is 0 Å². The molecular formula is C21H28N4O4. The molecule has 2 aromatic rings. The smallest absolute Gasteiger partial charge is 0.309 e. The number of para-hydroxylation sites is 1. The van der Waals surface area contributed by atoms with E-state index < -0.39 is 17.2 Å². The lowest BCUT2D eigenvalue weighted by molar-refractivity contribution is -0.161. The summed E-state index contributed by atoms with van der Waals surface area (Å²) in [6.07, 6.45) is 0.769. The maximum Gasteiger partial charge on any atom is 0.309 e. The summed E-state index contributed by atoms with van der Waals surface area (Å²) in [5.41, 5.74) is 6.14. The Morgan fingerprint density at radius 3 is 2.52 bits per heavy atom. The first kappa shape index (κ1) is 20.9. The van der Waals surface area contributed by atoms with E-state index in [1.807, 2.05) is 11.0 Å². The van der Waals surface area contributed by atoms with E-state index in [-0.39, 0.29) is 18.0 Å². The first-order valence-electron chi connectivity index (χ1n) is 9.67. The summed E-state index contributed by atoms with van der Waals surface area (Å²) in [6.45, 7) is 6.43. The molecule has 0 amide bonds. The van der Waals surface area contributed by atoms with Gasteiger partial charge in [-0.1, -0.05) is 12.1 Å². The number of ether oxygens (including phenoxy) is 1. The van der Waals surface area contributed by atoms with Gasteiger partial charge in [-0.3, -0.25) is 4.79 Å². The van der Waals surface area contributed by atoms with E-state index in [1.54, 1.807) is 45.0 Å². The third-order valence-corrected chi connectivity index (χ3v) is 4.91. The zero-order valence-electron chi connectivity index (χ0n) is 17.1. The van der Waals surface area contributed by atoms with Crippen molar-refractivity contribution in [1.29, 1.82) is 0 Å². The number of hydrogen-bond acceptors (Lipinski definition) is 8. The van der Waals surface area contributed by atoms with Gasteiger partial charge < -0.3 is 25.6 Å². The molecule has 1 aromatic carbocycles. The molecule has 0 unspecified atom stereocenters. The first-order chi connectivity index (χ1) is 13.6. The molecule has 0 bridgehead atoms. The van der Waals surface area contributed by atoms with Gasteiger partial charge in [0.25, 0.3) is 0 Å². The van der Waals surface area contributed by atoms with Gasteiger partial charge in [0.05, 0.1) is 23.4 Å². The Balaban J connectivity index is 1.72. The predicted octanol–water partition coefficient (Wildman–Crippen LogP) is 2.49. The fourth-order valence-electron chi connectivity index (χ4n) is 3.45. The van der Waals surface area contributed by atoms with Gasteiger partial charge >= 0.3 is 5.97 Å². The van der Waals surface area contributed by atoms with Gasteiger partial charge in [0.1, 0.15) is 11.4 Å². The van der Waals surface area contributed by atoms with E-state index in [0.717, 1.165) is 0 Å². The van der Waals surface area contributed by atoms with Crippen LogP contribution in [0.2, 0.25) is 0 Å². The molecule has 156 valence electrons. The van der Waals surface area contributed by atoms with Gasteiger partial charge in [0.2, 0.25) is 0 Å². The second-order valence-corrected chi connectivity index (χ2v) is 8.49. The predicted molar refractivity (Wildman–Crippen MR) is 110 cm³/mol. The van der Waals surface area contributed by atoms with Gasteiger partial charge in [-0.05, 0) is 51.8 Å². The average Bonchev–Trinajstić information content (AvgIpc) is 2.62. The third kappa shape index (κ3) is 5.14. The number of hydrogen-bond donors (Lipinski definition) is 3. The molecule has 8 heteroatoms. The van der Waals surface area contributed by atoms with Crippen molar-refractivity contribution >= 4 is 17.5 Å². The van der Waals surface area contributed by atoms with Crippen LogP contribution in [0.1, 0.15) is 40.0 Å². The summed E-state index contributed by atoms with van der Waals surface area (Å²) in [5, 5.41) is 29.0. The van der Waals surface area contributed by atoms with E-state index >= 15 is 0 Å². The van der Waals surface area contributed by atoms with E-state index in [1.165, 1.54) is 0 Å². The number of benzene rings is 1. The number of nitrogens with zero attached hydrogens (tertiary/aromatic N) is 3. The number of aromatic hydroxyl groups is 1. The number of esters is 1. The maximum absolute atomic E-state index is 12.1. The lowest BCUT2D eigenvalue weighted by Crippen LogP contribution is -2.46. The van der Waals surface area contributed by atoms with Crippen LogP contribution in [0.5, 0.6) is 5.75 Å². The Kier molecular flexibility index (Phi) is 5.66. The van der Waals surface area contributed by atoms with Gasteiger partial charge in [0, 0.05) is 18.7 Å². The summed E-state index contributed by atoms with van der Waals surface area (Å²) in [7, 11) is 0. The Hall–Kier alpha value is -2.87. The number of aliphatic hydroxyl groups is 1. The maximum atomic E-state index is 12.1. The summed E-state index contributed by atoms with van der Waals surface area (Å²) in [6, 6.07) is 8.68. The van der Waals surface area contributed by atoms with Crippen LogP contribution in [0, 0.1) is 0 Å². The van der Waals surface area contributed by atoms with E-state index in [9.17, 15) is 15.0 Å². The number of rotatable bonds is 4. The highest BCUT2D eigenvalue weighted by Gasteiger charge is 2.36. The molecule has 1 saturated heterocycles. The molecule has 3 rings (SSSR count). The second-order valence-electron chi connectivity index (χ2n) is 8.49. The van der Waals surface area contributed by atoms with Crippen molar-refractivity contribution in [3.05, 3.63) is 30.3 Å². The summed E-state index contributed by atoms with van der Waals surface area (Å²) >= 11 is 0. The van der Waals surface area contributed by atoms with E-state index in [4.69, 9.17) is 10.5 Å². The number of aromatic nitrogens is 2. The Morgan fingerprint density at radius 2 is 1.90 bits per heavy atom. The van der Waals surface area contributed by atoms with Crippen LogP contribution in [-0.2, 0) is 9.53 Å². The molecule has 8 nitrogen and oxygen atoms in total. The lowest BCUT2D eigenvalue weighted by Gasteiger charge is -2.39. The molecule has 29 heavy (non-hydrogen) atoms. The van der Waals surface area contributed by atoms with Crippen LogP contribution < -0.4 is 10.6 Å². The fourth-order valence-corrected chi connectivity index (χ4v) is 3.45. The second kappa shape index (κ2) is 7.87. The normalized spacial score (nSPS) is 16.5. The molecule has 0 radical (unpaired) electrons. The van der Waals surface area contributed by atoms with Crippen LogP contribution in [0.15, 0.2) is 30.3 Å². The van der Waals surface area contributed by atoms with Gasteiger partial charge in [0.15, 0.2) is 5.82 Å². The molecule has 4 N–H and O–H groups in total. The van der Waals surface area contributed by atoms with E-state index in [2.05, 4.69) is 10.2 Å². The number of nitrogens with two attached hydrogens (primary N) is 1. The minimum Gasteiger partial charge on any atom is -0.507 e. The van der Waals surface area contributed by atoms with E-state index in [0.29, 0.717) is 42.9 Å². The Labute approximate surface area is 170 Å². The topological polar surface area (TPSA) is 122 Å². The molecule has 1 fully saturated rings. The minimum atomic E-state index is -1.10. The molecule has 1 aromatic heterocycles. The van der Waals surface area contributed by atoms with Crippen LogP contribution in [-0.4, -0.2) is 50.7 Å². The van der Waals surface area contributed by atoms with Gasteiger partial charge in [-0.2, -0.15) is 0 Å². The minimum absolute atomic E-state index is 0.0364. The first-order valence-corrected chi connectivity index (χ1v) is 9.67. The van der Waals surface area contributed by atoms with Gasteiger partial charge in [-0.25, -0.2) is 0 Å². The SMILES string of the molecule is CC(C)(C)OC(=O)CC1(O)CCN(c2cc(-c3ccccc3O)nnc2N)CC1. The number of phenolic OH excluding ortho intramolecular Hbond substituents is 1. The van der Waals surface area contributed by atoms with Crippen molar-refractivity contribution in [2.75, 3.05) is 23.7 Å². The molecule has 1 aliphatic heterocycles. The van der Waals surface area contributed by atoms with Crippen LogP contribution >= 0.6 is 0 Å². The van der Waals surface area contributed by atoms with Crippen molar-refractivity contribution in [2.24, 2.45) is 0 Å². The van der Waals surface area contributed by atoms with Crippen LogP contribution in [0.4, 0.5) is 11.5 Å². The highest BCUT2D eigenvalue weighted by Crippen LogP contribution is 2.34. The highest BCUT2D eigenvalue weighted by molar-refractivity contribution is 5.74. The fraction of sp³-hybridized carbons (Fsp3) is 0.476. The van der Waals surface area contributed by atoms with Crippen molar-refractivity contribution < 1.29 is 19.7 Å². The number of carbonyl (C=O) groups is 1. The average molecular weight is 400 g/mol. The monoisotopic (exact) mass is 400 g/mol. The van der Waals surface area contributed by atoms with Gasteiger partial charge in [-0.15, -0.1) is 10.2 Å².